The molecule has 0 radical (unpaired) electrons. The van der Waals surface area contributed by atoms with E-state index in [2.05, 4.69) is 5.10 Å². The summed E-state index contributed by atoms with van der Waals surface area (Å²) in [6.45, 7) is 7.21. The molecule has 1 atom stereocenters. The van der Waals surface area contributed by atoms with Gasteiger partial charge >= 0.3 is 5.97 Å². The van der Waals surface area contributed by atoms with Crippen molar-refractivity contribution < 1.29 is 9.53 Å². The number of carbonyl (C=O) groups is 1. The zero-order valence-corrected chi connectivity index (χ0v) is 9.52. The van der Waals surface area contributed by atoms with E-state index >= 15 is 0 Å². The van der Waals surface area contributed by atoms with Crippen LogP contribution in [0.3, 0.4) is 0 Å². The molecule has 0 amide bonds. The molecule has 0 aliphatic carbocycles. The van der Waals surface area contributed by atoms with Crippen molar-refractivity contribution in [2.24, 2.45) is 0 Å². The summed E-state index contributed by atoms with van der Waals surface area (Å²) in [7, 11) is 0. The molecular formula is C10H17N3O2. The van der Waals surface area contributed by atoms with Gasteiger partial charge in [0.05, 0.1) is 11.9 Å². The number of carbonyl (C=O) groups excluding carboxylic acids is 1. The second-order valence-electron chi connectivity index (χ2n) is 4.46. The molecule has 5 heteroatoms. The van der Waals surface area contributed by atoms with E-state index in [-0.39, 0.29) is 5.97 Å². The number of anilines is 1. The zero-order chi connectivity index (χ0) is 11.6. The Morgan fingerprint density at radius 1 is 1.60 bits per heavy atom. The van der Waals surface area contributed by atoms with E-state index < -0.39 is 11.6 Å². The molecule has 0 saturated carbocycles. The van der Waals surface area contributed by atoms with E-state index in [0.717, 1.165) is 0 Å². The summed E-state index contributed by atoms with van der Waals surface area (Å²) in [6, 6.07) is -0.457. The van der Waals surface area contributed by atoms with Crippen molar-refractivity contribution in [2.45, 2.75) is 39.3 Å². The van der Waals surface area contributed by atoms with Crippen molar-refractivity contribution in [3.63, 3.8) is 0 Å². The second kappa shape index (κ2) is 3.92. The van der Waals surface area contributed by atoms with Crippen LogP contribution in [0.15, 0.2) is 12.4 Å². The maximum atomic E-state index is 11.6. The zero-order valence-electron chi connectivity index (χ0n) is 9.52. The van der Waals surface area contributed by atoms with Crippen molar-refractivity contribution in [1.29, 1.82) is 0 Å². The molecule has 0 fully saturated rings. The van der Waals surface area contributed by atoms with Crippen LogP contribution in [0.5, 0.6) is 0 Å². The van der Waals surface area contributed by atoms with Gasteiger partial charge in [-0.2, -0.15) is 5.10 Å². The summed E-state index contributed by atoms with van der Waals surface area (Å²) >= 11 is 0. The Labute approximate surface area is 89.2 Å². The molecule has 0 aliphatic heterocycles. The second-order valence-corrected chi connectivity index (χ2v) is 4.46. The van der Waals surface area contributed by atoms with Crippen molar-refractivity contribution in [3.8, 4) is 0 Å². The smallest absolute Gasteiger partial charge is 0.331 e. The minimum Gasteiger partial charge on any atom is -0.458 e. The highest BCUT2D eigenvalue weighted by Gasteiger charge is 2.23. The minimum absolute atomic E-state index is 0.314. The number of nitrogens with zero attached hydrogens (tertiary/aromatic N) is 2. The third kappa shape index (κ3) is 3.27. The number of aromatic nitrogens is 2. The van der Waals surface area contributed by atoms with Crippen LogP contribution in [-0.4, -0.2) is 21.4 Å². The van der Waals surface area contributed by atoms with Gasteiger partial charge in [-0.15, -0.1) is 0 Å². The van der Waals surface area contributed by atoms with Crippen LogP contribution >= 0.6 is 0 Å². The Morgan fingerprint density at radius 2 is 2.20 bits per heavy atom. The number of nitrogen functional groups attached to an aromatic ring is 1. The average molecular weight is 211 g/mol. The quantitative estimate of drug-likeness (QED) is 0.750. The van der Waals surface area contributed by atoms with E-state index in [9.17, 15) is 4.79 Å². The lowest BCUT2D eigenvalue weighted by molar-refractivity contribution is -0.158. The SMILES string of the molecule is C[C@H](C(=O)OC(C)(C)C)n1cc(N)cn1. The summed E-state index contributed by atoms with van der Waals surface area (Å²) in [6.07, 6.45) is 3.11. The Hall–Kier alpha value is -1.52. The maximum Gasteiger partial charge on any atom is 0.331 e. The molecule has 5 nitrogen and oxygen atoms in total. The standard InChI is InChI=1S/C10H17N3O2/c1-7(9(14)15-10(2,3)4)13-6-8(11)5-12-13/h5-7H,11H2,1-4H3/t7-/m1/s1. The molecule has 0 bridgehead atoms. The fourth-order valence-corrected chi connectivity index (χ4v) is 1.06. The monoisotopic (exact) mass is 211 g/mol. The summed E-state index contributed by atoms with van der Waals surface area (Å²) in [4.78, 5) is 11.6. The van der Waals surface area contributed by atoms with Gasteiger partial charge in [-0.3, -0.25) is 4.68 Å². The predicted molar refractivity (Wildman–Crippen MR) is 57.2 cm³/mol. The highest BCUT2D eigenvalue weighted by atomic mass is 16.6. The summed E-state index contributed by atoms with van der Waals surface area (Å²) in [5, 5.41) is 3.96. The molecule has 0 aromatic carbocycles. The molecular weight excluding hydrogens is 194 g/mol. The Bertz CT molecular complexity index is 352. The largest absolute Gasteiger partial charge is 0.458 e. The van der Waals surface area contributed by atoms with Crippen molar-refractivity contribution >= 4 is 11.7 Å². The third-order valence-electron chi connectivity index (χ3n) is 1.77. The van der Waals surface area contributed by atoms with E-state index in [1.54, 1.807) is 13.1 Å². The first kappa shape index (κ1) is 11.6. The van der Waals surface area contributed by atoms with E-state index in [1.807, 2.05) is 20.8 Å². The lowest BCUT2D eigenvalue weighted by Gasteiger charge is -2.22. The van der Waals surface area contributed by atoms with E-state index in [1.165, 1.54) is 10.9 Å². The van der Waals surface area contributed by atoms with Crippen LogP contribution in [-0.2, 0) is 9.53 Å². The normalized spacial score (nSPS) is 13.6. The van der Waals surface area contributed by atoms with E-state index in [4.69, 9.17) is 10.5 Å². The van der Waals surface area contributed by atoms with Crippen molar-refractivity contribution in [3.05, 3.63) is 12.4 Å². The first-order valence-electron chi connectivity index (χ1n) is 4.82. The number of ether oxygens (including phenoxy) is 1. The summed E-state index contributed by atoms with van der Waals surface area (Å²) < 4.78 is 6.71. The predicted octanol–water partition coefficient (Wildman–Crippen LogP) is 1.37. The van der Waals surface area contributed by atoms with Gasteiger partial charge in [0.25, 0.3) is 0 Å². The molecule has 1 aromatic rings. The van der Waals surface area contributed by atoms with Crippen LogP contribution in [0.4, 0.5) is 5.69 Å². The van der Waals surface area contributed by atoms with Crippen molar-refractivity contribution in [1.82, 2.24) is 9.78 Å². The fraction of sp³-hybridized carbons (Fsp3) is 0.600. The molecule has 84 valence electrons. The van der Waals surface area contributed by atoms with Crippen LogP contribution < -0.4 is 5.73 Å². The molecule has 15 heavy (non-hydrogen) atoms. The van der Waals surface area contributed by atoms with E-state index in [0.29, 0.717) is 5.69 Å². The average Bonchev–Trinajstić information content (AvgIpc) is 2.47. The van der Waals surface area contributed by atoms with Gasteiger partial charge in [-0.05, 0) is 27.7 Å². The first-order valence-corrected chi connectivity index (χ1v) is 4.82. The Morgan fingerprint density at radius 3 is 2.60 bits per heavy atom. The Balaban J connectivity index is 2.69. The number of rotatable bonds is 2. The first-order chi connectivity index (χ1) is 6.79. The molecule has 1 heterocycles. The minimum atomic E-state index is -0.482. The van der Waals surface area contributed by atoms with Crippen LogP contribution in [0.25, 0.3) is 0 Å². The fourth-order valence-electron chi connectivity index (χ4n) is 1.06. The molecule has 0 unspecified atom stereocenters. The van der Waals surface area contributed by atoms with Gasteiger partial charge in [0, 0.05) is 6.20 Å². The summed E-state index contributed by atoms with van der Waals surface area (Å²) in [5.41, 5.74) is 5.56. The van der Waals surface area contributed by atoms with Crippen LogP contribution in [0.2, 0.25) is 0 Å². The Kier molecular flexibility index (Phi) is 3.02. The maximum absolute atomic E-state index is 11.6. The number of hydrogen-bond donors (Lipinski definition) is 1. The number of esters is 1. The van der Waals surface area contributed by atoms with Gasteiger partial charge in [-0.25, -0.2) is 4.79 Å². The third-order valence-corrected chi connectivity index (χ3v) is 1.77. The van der Waals surface area contributed by atoms with Gasteiger partial charge in [0.1, 0.15) is 11.6 Å². The lowest BCUT2D eigenvalue weighted by Crippen LogP contribution is -2.29. The highest BCUT2D eigenvalue weighted by molar-refractivity contribution is 5.74. The van der Waals surface area contributed by atoms with Gasteiger partial charge in [0.15, 0.2) is 0 Å². The molecule has 0 spiro atoms. The molecule has 1 rings (SSSR count). The van der Waals surface area contributed by atoms with Gasteiger partial charge < -0.3 is 10.5 Å². The number of nitrogens with two attached hydrogens (primary N) is 1. The molecule has 0 aliphatic rings. The topological polar surface area (TPSA) is 70.1 Å². The highest BCUT2D eigenvalue weighted by Crippen LogP contribution is 2.15. The van der Waals surface area contributed by atoms with Crippen LogP contribution in [0, 0.1) is 0 Å². The number of hydrogen-bond acceptors (Lipinski definition) is 4. The summed E-state index contributed by atoms with van der Waals surface area (Å²) in [5.74, 6) is -0.314. The van der Waals surface area contributed by atoms with Crippen LogP contribution in [0.1, 0.15) is 33.7 Å². The molecule has 2 N–H and O–H groups in total. The van der Waals surface area contributed by atoms with Gasteiger partial charge in [0.2, 0.25) is 0 Å². The van der Waals surface area contributed by atoms with Crippen molar-refractivity contribution in [2.75, 3.05) is 5.73 Å². The lowest BCUT2D eigenvalue weighted by atomic mass is 10.2. The van der Waals surface area contributed by atoms with Gasteiger partial charge in [-0.1, -0.05) is 0 Å². The molecule has 1 aromatic heterocycles. The molecule has 0 saturated heterocycles.